The van der Waals surface area contributed by atoms with Gasteiger partial charge in [-0.3, -0.25) is 14.2 Å². The molecular formula is C17H20N4O3S. The third-order valence-corrected chi connectivity index (χ3v) is 5.28. The second kappa shape index (κ2) is 7.69. The largest absolute Gasteiger partial charge is 0.481 e. The number of benzene rings is 1. The second-order valence-corrected chi connectivity index (χ2v) is 7.10. The van der Waals surface area contributed by atoms with Crippen molar-refractivity contribution in [3.05, 3.63) is 36.2 Å². The Bertz CT molecular complexity index is 760. The van der Waals surface area contributed by atoms with E-state index in [2.05, 4.69) is 15.5 Å². The maximum atomic E-state index is 12.2. The number of carbonyl (C=O) groups excluding carboxylic acids is 1. The molecule has 25 heavy (non-hydrogen) atoms. The number of carbonyl (C=O) groups is 2. The molecular weight excluding hydrogens is 340 g/mol. The van der Waals surface area contributed by atoms with E-state index < -0.39 is 11.9 Å². The number of carboxylic acid groups (broad SMARTS) is 1. The van der Waals surface area contributed by atoms with Crippen LogP contribution in [0.2, 0.25) is 0 Å². The molecule has 1 aromatic carbocycles. The van der Waals surface area contributed by atoms with Crippen molar-refractivity contribution < 1.29 is 14.7 Å². The molecule has 2 aromatic rings. The number of rotatable bonds is 6. The fourth-order valence-electron chi connectivity index (χ4n) is 3.01. The molecule has 8 heteroatoms. The summed E-state index contributed by atoms with van der Waals surface area (Å²) in [5, 5.41) is 20.6. The number of nitrogens with zero attached hydrogens (tertiary/aromatic N) is 3. The number of aliphatic carboxylic acids is 1. The van der Waals surface area contributed by atoms with Gasteiger partial charge in [-0.2, -0.15) is 0 Å². The highest BCUT2D eigenvalue weighted by atomic mass is 32.2. The lowest BCUT2D eigenvalue weighted by atomic mass is 10.0. The minimum absolute atomic E-state index is 0.174. The minimum atomic E-state index is -0.838. The fourth-order valence-corrected chi connectivity index (χ4v) is 3.75. The van der Waals surface area contributed by atoms with Gasteiger partial charge in [0.05, 0.1) is 11.7 Å². The van der Waals surface area contributed by atoms with Gasteiger partial charge in [0.15, 0.2) is 5.16 Å². The molecule has 0 radical (unpaired) electrons. The summed E-state index contributed by atoms with van der Waals surface area (Å²) in [4.78, 5) is 23.4. The van der Waals surface area contributed by atoms with E-state index in [0.717, 1.165) is 17.7 Å². The van der Waals surface area contributed by atoms with E-state index in [1.807, 2.05) is 35.8 Å². The van der Waals surface area contributed by atoms with Crippen LogP contribution in [0.4, 0.5) is 0 Å². The maximum Gasteiger partial charge on any atom is 0.308 e. The zero-order valence-corrected chi connectivity index (χ0v) is 14.7. The number of amides is 1. The van der Waals surface area contributed by atoms with Crippen molar-refractivity contribution in [1.82, 2.24) is 20.1 Å². The van der Waals surface area contributed by atoms with Gasteiger partial charge in [0.2, 0.25) is 5.91 Å². The Labute approximate surface area is 149 Å². The third kappa shape index (κ3) is 4.19. The molecule has 1 heterocycles. The summed E-state index contributed by atoms with van der Waals surface area (Å²) >= 11 is 1.28. The fraction of sp³-hybridized carbons (Fsp3) is 0.412. The first-order valence-electron chi connectivity index (χ1n) is 8.16. The summed E-state index contributed by atoms with van der Waals surface area (Å²) in [6.07, 6.45) is 3.78. The van der Waals surface area contributed by atoms with Gasteiger partial charge in [-0.05, 0) is 31.9 Å². The smallest absolute Gasteiger partial charge is 0.308 e. The van der Waals surface area contributed by atoms with Crippen molar-refractivity contribution in [3.8, 4) is 5.69 Å². The second-order valence-electron chi connectivity index (χ2n) is 6.16. The lowest BCUT2D eigenvalue weighted by molar-refractivity contribution is -0.142. The highest BCUT2D eigenvalue weighted by Gasteiger charge is 2.33. The molecule has 0 unspecified atom stereocenters. The molecule has 132 valence electrons. The zero-order valence-electron chi connectivity index (χ0n) is 13.9. The van der Waals surface area contributed by atoms with Crippen LogP contribution in [0.15, 0.2) is 35.7 Å². The Kier molecular flexibility index (Phi) is 5.37. The lowest BCUT2D eigenvalue weighted by Gasteiger charge is -2.17. The quantitative estimate of drug-likeness (QED) is 0.765. The normalized spacial score (nSPS) is 19.7. The predicted octanol–water partition coefficient (Wildman–Crippen LogP) is 2.04. The Morgan fingerprint density at radius 3 is 2.80 bits per heavy atom. The molecule has 0 spiro atoms. The highest BCUT2D eigenvalue weighted by molar-refractivity contribution is 7.99. The molecule has 0 bridgehead atoms. The number of hydrogen-bond donors (Lipinski definition) is 2. The number of thioether (sulfide) groups is 1. The predicted molar refractivity (Wildman–Crippen MR) is 93.7 cm³/mol. The topological polar surface area (TPSA) is 97.1 Å². The molecule has 1 aliphatic carbocycles. The van der Waals surface area contributed by atoms with Crippen LogP contribution < -0.4 is 5.32 Å². The SMILES string of the molecule is Cc1ccc(-n2cnnc2SCC(=O)N[C@@H]2CCC[C@@H]2C(=O)O)cc1. The lowest BCUT2D eigenvalue weighted by Crippen LogP contribution is -2.41. The van der Waals surface area contributed by atoms with E-state index in [4.69, 9.17) is 0 Å². The summed E-state index contributed by atoms with van der Waals surface area (Å²) < 4.78 is 1.83. The Morgan fingerprint density at radius 2 is 2.08 bits per heavy atom. The van der Waals surface area contributed by atoms with Crippen molar-refractivity contribution in [2.45, 2.75) is 37.4 Å². The average molecular weight is 360 g/mol. The molecule has 1 amide bonds. The van der Waals surface area contributed by atoms with Gasteiger partial charge >= 0.3 is 5.97 Å². The monoisotopic (exact) mass is 360 g/mol. The van der Waals surface area contributed by atoms with Gasteiger partial charge in [-0.1, -0.05) is 35.9 Å². The van der Waals surface area contributed by atoms with Crippen LogP contribution in [0.5, 0.6) is 0 Å². The van der Waals surface area contributed by atoms with Crippen molar-refractivity contribution >= 4 is 23.6 Å². The zero-order chi connectivity index (χ0) is 17.8. The summed E-state index contributed by atoms with van der Waals surface area (Å²) in [5.41, 5.74) is 2.09. The van der Waals surface area contributed by atoms with Crippen molar-refractivity contribution in [2.75, 3.05) is 5.75 Å². The number of aryl methyl sites for hydroxylation is 1. The number of hydrogen-bond acceptors (Lipinski definition) is 5. The number of carboxylic acids is 1. The van der Waals surface area contributed by atoms with E-state index in [1.54, 1.807) is 6.33 Å². The van der Waals surface area contributed by atoms with Gasteiger partial charge in [0.25, 0.3) is 0 Å². The van der Waals surface area contributed by atoms with E-state index in [-0.39, 0.29) is 17.7 Å². The van der Waals surface area contributed by atoms with Crippen LogP contribution in [0.25, 0.3) is 5.69 Å². The number of nitrogens with one attached hydrogen (secondary N) is 1. The molecule has 7 nitrogen and oxygen atoms in total. The van der Waals surface area contributed by atoms with E-state index >= 15 is 0 Å². The first-order valence-corrected chi connectivity index (χ1v) is 9.15. The Balaban J connectivity index is 1.59. The molecule has 1 aliphatic rings. The standard InChI is InChI=1S/C17H20N4O3S/c1-11-5-7-12(8-6-11)21-10-18-20-17(21)25-9-15(22)19-14-4-2-3-13(14)16(23)24/h5-8,10,13-14H,2-4,9H2,1H3,(H,19,22)(H,23,24)/t13-,14+/m0/s1. The maximum absolute atomic E-state index is 12.2. The molecule has 0 saturated heterocycles. The summed E-state index contributed by atoms with van der Waals surface area (Å²) in [6.45, 7) is 2.02. The molecule has 1 aromatic heterocycles. The first-order chi connectivity index (χ1) is 12.0. The van der Waals surface area contributed by atoms with Crippen molar-refractivity contribution in [1.29, 1.82) is 0 Å². The summed E-state index contributed by atoms with van der Waals surface area (Å²) in [5.74, 6) is -1.32. The number of aromatic nitrogens is 3. The van der Waals surface area contributed by atoms with Gasteiger partial charge < -0.3 is 10.4 Å². The molecule has 0 aliphatic heterocycles. The molecule has 2 N–H and O–H groups in total. The minimum Gasteiger partial charge on any atom is -0.481 e. The van der Waals surface area contributed by atoms with E-state index in [1.165, 1.54) is 11.8 Å². The van der Waals surface area contributed by atoms with Crippen molar-refractivity contribution in [3.63, 3.8) is 0 Å². The van der Waals surface area contributed by atoms with Gasteiger partial charge in [-0.25, -0.2) is 0 Å². The Morgan fingerprint density at radius 1 is 1.32 bits per heavy atom. The van der Waals surface area contributed by atoms with Crippen LogP contribution in [0.3, 0.4) is 0 Å². The molecule has 1 fully saturated rings. The first kappa shape index (κ1) is 17.5. The molecule has 2 atom stereocenters. The molecule has 1 saturated carbocycles. The summed E-state index contributed by atoms with van der Waals surface area (Å²) in [7, 11) is 0. The van der Waals surface area contributed by atoms with Gasteiger partial charge in [-0.15, -0.1) is 10.2 Å². The van der Waals surface area contributed by atoms with Gasteiger partial charge in [0, 0.05) is 11.7 Å². The third-order valence-electron chi connectivity index (χ3n) is 4.34. The van der Waals surface area contributed by atoms with E-state index in [0.29, 0.717) is 18.0 Å². The highest BCUT2D eigenvalue weighted by Crippen LogP contribution is 2.26. The molecule has 3 rings (SSSR count). The average Bonchev–Trinajstić information content (AvgIpc) is 3.22. The van der Waals surface area contributed by atoms with Crippen molar-refractivity contribution in [2.24, 2.45) is 5.92 Å². The van der Waals surface area contributed by atoms with Crippen LogP contribution in [-0.2, 0) is 9.59 Å². The summed E-state index contributed by atoms with van der Waals surface area (Å²) in [6, 6.07) is 7.67. The van der Waals surface area contributed by atoms with Crippen LogP contribution in [0.1, 0.15) is 24.8 Å². The Hall–Kier alpha value is -2.35. The van der Waals surface area contributed by atoms with E-state index in [9.17, 15) is 14.7 Å². The van der Waals surface area contributed by atoms with Crippen LogP contribution >= 0.6 is 11.8 Å². The van der Waals surface area contributed by atoms with Gasteiger partial charge in [0.1, 0.15) is 6.33 Å². The van der Waals surface area contributed by atoms with Crippen LogP contribution in [-0.4, -0.2) is 43.5 Å². The van der Waals surface area contributed by atoms with Crippen LogP contribution in [0, 0.1) is 12.8 Å².